The highest BCUT2D eigenvalue weighted by Crippen LogP contribution is 2.37. The van der Waals surface area contributed by atoms with Gasteiger partial charge in [0.25, 0.3) is 0 Å². The molecule has 0 atom stereocenters. The van der Waals surface area contributed by atoms with E-state index in [9.17, 15) is 4.79 Å². The molecule has 3 rings (SSSR count). The Kier molecular flexibility index (Phi) is 5.99. The number of hydrogen-bond donors (Lipinski definition) is 4. The van der Waals surface area contributed by atoms with E-state index in [4.69, 9.17) is 28.2 Å². The fourth-order valence-electron chi connectivity index (χ4n) is 2.95. The fraction of sp³-hybridized carbons (Fsp3) is 0.412. The van der Waals surface area contributed by atoms with Crippen LogP contribution < -0.4 is 21.7 Å². The van der Waals surface area contributed by atoms with Crippen molar-refractivity contribution in [2.24, 2.45) is 5.41 Å². The number of piperidine rings is 1. The zero-order valence-electron chi connectivity index (χ0n) is 15.4. The van der Waals surface area contributed by atoms with Crippen LogP contribution in [0.4, 0.5) is 22.2 Å². The minimum Gasteiger partial charge on any atom is -0.465 e. The number of nitrogens with two attached hydrogens (primary N) is 2. The number of carbonyl (C=O) groups is 1. The van der Waals surface area contributed by atoms with Crippen molar-refractivity contribution in [2.45, 2.75) is 29.7 Å². The Labute approximate surface area is 171 Å². The average Bonchev–Trinajstić information content (AvgIpc) is 2.66. The first-order valence-corrected chi connectivity index (χ1v) is 9.91. The van der Waals surface area contributed by atoms with Crippen molar-refractivity contribution >= 4 is 46.9 Å². The Hall–Kier alpha value is -2.46. The minimum atomic E-state index is -1.00. The van der Waals surface area contributed by atoms with Gasteiger partial charge in [0.15, 0.2) is 10.8 Å². The lowest BCUT2D eigenvalue weighted by Gasteiger charge is -2.39. The van der Waals surface area contributed by atoms with Gasteiger partial charge >= 0.3 is 6.09 Å². The van der Waals surface area contributed by atoms with Gasteiger partial charge in [-0.1, -0.05) is 36.4 Å². The van der Waals surface area contributed by atoms with Crippen LogP contribution in [0.3, 0.4) is 0 Å². The first kappa shape index (κ1) is 20.3. The number of carboxylic acid groups (broad SMARTS) is 1. The number of nitrogens with one attached hydrogen (secondary N) is 1. The van der Waals surface area contributed by atoms with E-state index >= 15 is 0 Å². The van der Waals surface area contributed by atoms with Crippen molar-refractivity contribution in [3.05, 3.63) is 23.2 Å². The second kappa shape index (κ2) is 8.27. The number of hydrogen-bond acceptors (Lipinski definition) is 8. The van der Waals surface area contributed by atoms with Crippen LogP contribution in [-0.4, -0.2) is 46.0 Å². The maximum atomic E-state index is 10.7. The van der Waals surface area contributed by atoms with Gasteiger partial charge in [-0.3, -0.25) is 0 Å². The van der Waals surface area contributed by atoms with Gasteiger partial charge in [0.1, 0.15) is 0 Å². The Morgan fingerprint density at radius 1 is 1.36 bits per heavy atom. The number of rotatable bonds is 5. The molecule has 1 saturated heterocycles. The summed E-state index contributed by atoms with van der Waals surface area (Å²) in [5.41, 5.74) is 12.3. The normalized spacial score (nSPS) is 16.0. The SMILES string of the molecule is CC1(CNC(=O)O)CCN(c2nnc(Sc3cccc(N)c3Cl)c(N)n2)CC1. The fourth-order valence-corrected chi connectivity index (χ4v) is 3.98. The minimum absolute atomic E-state index is 0.0896. The number of aromatic nitrogens is 3. The molecule has 0 bridgehead atoms. The Morgan fingerprint density at radius 3 is 2.71 bits per heavy atom. The van der Waals surface area contributed by atoms with Crippen molar-refractivity contribution in [2.75, 3.05) is 36.0 Å². The molecule has 2 aromatic rings. The third-order valence-electron chi connectivity index (χ3n) is 4.79. The van der Waals surface area contributed by atoms with E-state index in [0.29, 0.717) is 41.3 Å². The van der Waals surface area contributed by atoms with E-state index in [1.165, 1.54) is 11.8 Å². The molecule has 2 heterocycles. The number of halogens is 1. The van der Waals surface area contributed by atoms with Crippen LogP contribution in [0.5, 0.6) is 0 Å². The maximum absolute atomic E-state index is 10.7. The molecule has 1 aromatic heterocycles. The second-order valence-electron chi connectivity index (χ2n) is 7.02. The van der Waals surface area contributed by atoms with Gasteiger partial charge in [0, 0.05) is 24.5 Å². The first-order valence-electron chi connectivity index (χ1n) is 8.71. The van der Waals surface area contributed by atoms with Crippen LogP contribution in [0, 0.1) is 5.41 Å². The maximum Gasteiger partial charge on any atom is 0.404 e. The molecular weight excluding hydrogens is 402 g/mol. The van der Waals surface area contributed by atoms with Crippen LogP contribution >= 0.6 is 23.4 Å². The largest absolute Gasteiger partial charge is 0.465 e. The van der Waals surface area contributed by atoms with E-state index < -0.39 is 6.09 Å². The molecule has 1 aliphatic rings. The van der Waals surface area contributed by atoms with Gasteiger partial charge in [-0.15, -0.1) is 10.2 Å². The van der Waals surface area contributed by atoms with Crippen molar-refractivity contribution in [3.8, 4) is 0 Å². The van der Waals surface area contributed by atoms with Crippen LogP contribution in [-0.2, 0) is 0 Å². The lowest BCUT2D eigenvalue weighted by atomic mass is 9.80. The lowest BCUT2D eigenvalue weighted by molar-refractivity contribution is 0.178. The molecule has 1 amide bonds. The molecule has 0 spiro atoms. The molecule has 0 aliphatic carbocycles. The Bertz CT molecular complexity index is 875. The van der Waals surface area contributed by atoms with Crippen LogP contribution in [0.15, 0.2) is 28.1 Å². The van der Waals surface area contributed by atoms with E-state index in [2.05, 4.69) is 27.4 Å². The van der Waals surface area contributed by atoms with Crippen molar-refractivity contribution < 1.29 is 9.90 Å². The lowest BCUT2D eigenvalue weighted by Crippen LogP contribution is -2.45. The predicted octanol–water partition coefficient (Wildman–Crippen LogP) is 2.71. The number of anilines is 3. The Morgan fingerprint density at radius 2 is 2.07 bits per heavy atom. The zero-order chi connectivity index (χ0) is 20.3. The number of benzene rings is 1. The molecule has 1 aliphatic heterocycles. The topological polar surface area (TPSA) is 143 Å². The average molecular weight is 424 g/mol. The van der Waals surface area contributed by atoms with Gasteiger partial charge < -0.3 is 26.8 Å². The molecule has 6 N–H and O–H groups in total. The second-order valence-corrected chi connectivity index (χ2v) is 8.43. The number of nitrogens with zero attached hydrogens (tertiary/aromatic N) is 4. The van der Waals surface area contributed by atoms with Crippen molar-refractivity contribution in [1.82, 2.24) is 20.5 Å². The summed E-state index contributed by atoms with van der Waals surface area (Å²) in [6, 6.07) is 5.35. The quantitative estimate of drug-likeness (QED) is 0.533. The van der Waals surface area contributed by atoms with Gasteiger partial charge in [0.2, 0.25) is 5.95 Å². The van der Waals surface area contributed by atoms with E-state index in [1.807, 2.05) is 11.0 Å². The number of amides is 1. The summed E-state index contributed by atoms with van der Waals surface area (Å²) in [5, 5.41) is 20.6. The van der Waals surface area contributed by atoms with Crippen molar-refractivity contribution in [3.63, 3.8) is 0 Å². The van der Waals surface area contributed by atoms with Gasteiger partial charge in [-0.05, 0) is 30.4 Å². The molecule has 0 unspecified atom stereocenters. The van der Waals surface area contributed by atoms with Crippen LogP contribution in [0.25, 0.3) is 0 Å². The standard InChI is InChI=1S/C17H22ClN7O2S/c1-17(9-21-16(26)27)5-7-25(8-6-17)15-22-13(20)14(23-24-15)28-11-4-2-3-10(19)12(11)18/h2-4,21H,5-9,19H2,1H3,(H,26,27)(H2,20,22,24). The summed E-state index contributed by atoms with van der Waals surface area (Å²) < 4.78 is 0. The smallest absolute Gasteiger partial charge is 0.404 e. The highest BCUT2D eigenvalue weighted by atomic mass is 35.5. The highest BCUT2D eigenvalue weighted by molar-refractivity contribution is 7.99. The molecule has 0 radical (unpaired) electrons. The Balaban J connectivity index is 1.66. The summed E-state index contributed by atoms with van der Waals surface area (Å²) in [5.74, 6) is 0.739. The van der Waals surface area contributed by atoms with E-state index in [0.717, 1.165) is 17.7 Å². The van der Waals surface area contributed by atoms with Crippen LogP contribution in [0.1, 0.15) is 19.8 Å². The summed E-state index contributed by atoms with van der Waals surface area (Å²) in [6.45, 7) is 3.90. The summed E-state index contributed by atoms with van der Waals surface area (Å²) in [7, 11) is 0. The molecule has 0 saturated carbocycles. The molecule has 1 aromatic carbocycles. The summed E-state index contributed by atoms with van der Waals surface area (Å²) in [4.78, 5) is 17.9. The van der Waals surface area contributed by atoms with Crippen LogP contribution in [0.2, 0.25) is 5.02 Å². The van der Waals surface area contributed by atoms with E-state index in [-0.39, 0.29) is 11.2 Å². The number of nitrogen functional groups attached to an aromatic ring is 2. The zero-order valence-corrected chi connectivity index (χ0v) is 16.9. The van der Waals surface area contributed by atoms with Gasteiger partial charge in [-0.25, -0.2) is 4.79 Å². The molecule has 9 nitrogen and oxygen atoms in total. The van der Waals surface area contributed by atoms with E-state index in [1.54, 1.807) is 12.1 Å². The van der Waals surface area contributed by atoms with Gasteiger partial charge in [-0.2, -0.15) is 4.98 Å². The molecule has 150 valence electrons. The summed E-state index contributed by atoms with van der Waals surface area (Å²) >= 11 is 7.48. The molecule has 1 fully saturated rings. The molecule has 28 heavy (non-hydrogen) atoms. The third kappa shape index (κ3) is 4.68. The van der Waals surface area contributed by atoms with Gasteiger partial charge in [0.05, 0.1) is 10.7 Å². The monoisotopic (exact) mass is 423 g/mol. The van der Waals surface area contributed by atoms with Crippen molar-refractivity contribution in [1.29, 1.82) is 0 Å². The summed E-state index contributed by atoms with van der Waals surface area (Å²) in [6.07, 6.45) is 0.620. The highest BCUT2D eigenvalue weighted by Gasteiger charge is 2.31. The third-order valence-corrected chi connectivity index (χ3v) is 6.37. The predicted molar refractivity (Wildman–Crippen MR) is 110 cm³/mol. The molecule has 11 heteroatoms. The molecular formula is C17H22ClN7O2S. The first-order chi connectivity index (χ1) is 13.3.